The maximum Gasteiger partial charge on any atom is 0.197 e. The summed E-state index contributed by atoms with van der Waals surface area (Å²) in [5, 5.41) is 44.9. The number of phenolic OH excluding ortho intramolecular Hbond substituents is 2. The first-order valence-electron chi connectivity index (χ1n) is 13.8. The molecule has 1 aromatic rings. The topological polar surface area (TPSA) is 143 Å². The molecule has 2 bridgehead atoms. The molecule has 7 rings (SSSR count). The number of Topliss-reactive ketones (excluding diaryl/α,β-unsaturated/α-hetero) is 2. The van der Waals surface area contributed by atoms with Crippen molar-refractivity contribution in [3.8, 4) is 11.5 Å². The molecular formula is C29H36O9. The number of aliphatic hydroxyl groups excluding tert-OH is 1. The molecule has 9 atom stereocenters. The van der Waals surface area contributed by atoms with E-state index in [1.807, 2.05) is 13.8 Å². The molecule has 6 aliphatic rings. The molecular weight excluding hydrogens is 492 g/mol. The van der Waals surface area contributed by atoms with E-state index in [0.717, 1.165) is 0 Å². The van der Waals surface area contributed by atoms with Gasteiger partial charge >= 0.3 is 0 Å². The molecule has 38 heavy (non-hydrogen) atoms. The van der Waals surface area contributed by atoms with Gasteiger partial charge in [0, 0.05) is 35.1 Å². The van der Waals surface area contributed by atoms with E-state index in [2.05, 4.69) is 0 Å². The van der Waals surface area contributed by atoms with Gasteiger partial charge in [0.2, 0.25) is 0 Å². The Balaban J connectivity index is 1.45. The molecule has 4 unspecified atom stereocenters. The van der Waals surface area contributed by atoms with Gasteiger partial charge in [0.1, 0.15) is 17.1 Å². The molecule has 0 radical (unpaired) electrons. The number of hydrogen-bond acceptors (Lipinski definition) is 9. The van der Waals surface area contributed by atoms with Crippen LogP contribution in [0.25, 0.3) is 0 Å². The molecule has 9 nitrogen and oxygen atoms in total. The molecule has 4 N–H and O–H groups in total. The Hall–Kier alpha value is -2.30. The van der Waals surface area contributed by atoms with Crippen LogP contribution in [0.4, 0.5) is 0 Å². The van der Waals surface area contributed by atoms with Crippen molar-refractivity contribution in [2.45, 2.75) is 115 Å². The zero-order chi connectivity index (χ0) is 27.3. The van der Waals surface area contributed by atoms with Gasteiger partial charge in [0.05, 0.1) is 53.9 Å². The largest absolute Gasteiger partial charge is 0.507 e. The first-order chi connectivity index (χ1) is 18.0. The fourth-order valence-corrected chi connectivity index (χ4v) is 7.39. The molecule has 3 heterocycles. The molecule has 3 aliphatic heterocycles. The Bertz CT molecular complexity index is 1250. The first kappa shape index (κ1) is 26.0. The number of benzene rings is 1. The number of ketones is 2. The minimum Gasteiger partial charge on any atom is -0.507 e. The number of carbonyl (C=O) groups is 2. The molecule has 0 amide bonds. The highest BCUT2D eigenvalue weighted by atomic mass is 16.6. The van der Waals surface area contributed by atoms with Crippen molar-refractivity contribution in [1.29, 1.82) is 0 Å². The Kier molecular flexibility index (Phi) is 6.05. The van der Waals surface area contributed by atoms with Crippen LogP contribution >= 0.6 is 0 Å². The number of hydrogen-bond donors (Lipinski definition) is 4. The predicted octanol–water partition coefficient (Wildman–Crippen LogP) is 3.04. The van der Waals surface area contributed by atoms with Crippen LogP contribution in [0.15, 0.2) is 11.1 Å². The summed E-state index contributed by atoms with van der Waals surface area (Å²) in [4.78, 5) is 28.1. The van der Waals surface area contributed by atoms with Gasteiger partial charge in [-0.2, -0.15) is 0 Å². The number of aromatic hydroxyl groups is 2. The third-order valence-electron chi connectivity index (χ3n) is 9.54. The summed E-state index contributed by atoms with van der Waals surface area (Å²) in [6.07, 6.45) is -0.829. The van der Waals surface area contributed by atoms with Crippen molar-refractivity contribution in [3.63, 3.8) is 0 Å². The normalized spacial score (nSPS) is 40.2. The van der Waals surface area contributed by atoms with Gasteiger partial charge in [-0.1, -0.05) is 13.8 Å². The van der Waals surface area contributed by atoms with E-state index in [1.54, 1.807) is 13.8 Å². The van der Waals surface area contributed by atoms with Gasteiger partial charge in [-0.05, 0) is 45.4 Å². The Morgan fingerprint density at radius 3 is 2.39 bits per heavy atom. The van der Waals surface area contributed by atoms with Gasteiger partial charge < -0.3 is 34.6 Å². The zero-order valence-electron chi connectivity index (χ0n) is 22.2. The Labute approximate surface area is 221 Å². The fraction of sp³-hybridized carbons (Fsp3) is 0.655. The summed E-state index contributed by atoms with van der Waals surface area (Å²) in [5.74, 6) is -1.96. The van der Waals surface area contributed by atoms with Crippen molar-refractivity contribution in [1.82, 2.24) is 0 Å². The van der Waals surface area contributed by atoms with Crippen molar-refractivity contribution in [2.75, 3.05) is 0 Å². The van der Waals surface area contributed by atoms with Crippen molar-refractivity contribution < 1.29 is 44.2 Å². The van der Waals surface area contributed by atoms with Crippen LogP contribution < -0.4 is 0 Å². The summed E-state index contributed by atoms with van der Waals surface area (Å²) in [6, 6.07) is 0. The van der Waals surface area contributed by atoms with Crippen molar-refractivity contribution in [2.24, 2.45) is 5.92 Å². The summed E-state index contributed by atoms with van der Waals surface area (Å²) in [5.41, 5.74) is -1.79. The number of ether oxygens (including phenoxy) is 3. The summed E-state index contributed by atoms with van der Waals surface area (Å²) in [6.45, 7) is 7.30. The molecule has 206 valence electrons. The van der Waals surface area contributed by atoms with Crippen LogP contribution in [0.3, 0.4) is 0 Å². The van der Waals surface area contributed by atoms with Crippen LogP contribution in [0.2, 0.25) is 0 Å². The average molecular weight is 529 g/mol. The van der Waals surface area contributed by atoms with Crippen LogP contribution in [0.5, 0.6) is 11.5 Å². The molecule has 2 fully saturated rings. The van der Waals surface area contributed by atoms with Gasteiger partial charge in [-0.25, -0.2) is 0 Å². The maximum atomic E-state index is 14.1. The third kappa shape index (κ3) is 3.42. The van der Waals surface area contributed by atoms with Crippen molar-refractivity contribution in [3.05, 3.63) is 33.4 Å². The number of rotatable bonds is 3. The molecule has 1 aromatic carbocycles. The van der Waals surface area contributed by atoms with E-state index in [9.17, 15) is 30.0 Å². The quantitative estimate of drug-likeness (QED) is 0.435. The average Bonchev–Trinajstić information content (AvgIpc) is 2.87. The second-order valence-corrected chi connectivity index (χ2v) is 11.7. The second kappa shape index (κ2) is 8.86. The lowest BCUT2D eigenvalue weighted by Crippen LogP contribution is -2.67. The van der Waals surface area contributed by atoms with Crippen LogP contribution in [-0.4, -0.2) is 74.2 Å². The second-order valence-electron chi connectivity index (χ2n) is 11.7. The number of phenols is 2. The lowest BCUT2D eigenvalue weighted by atomic mass is 9.63. The minimum absolute atomic E-state index is 0.0391. The van der Waals surface area contributed by atoms with Gasteiger partial charge in [-0.15, -0.1) is 0 Å². The lowest BCUT2D eigenvalue weighted by Gasteiger charge is -2.55. The van der Waals surface area contributed by atoms with E-state index < -0.39 is 47.7 Å². The third-order valence-corrected chi connectivity index (χ3v) is 9.54. The standard InChI is InChI=1S/C29H36O9/c1-5-14-9-16-20(12(3)36-14)26(32)23-22(25(16)31)27(33)21-18-10-19(38-15-6-7-17(30)11(2)8-15)29(35,13(4)37-18)24(21)28(23)34/h11-15,17-19,30-32,35H,5-10H2,1-4H3/t11-,12+,13?,14+,15+,17+,18?,19?,29?/m1/s1. The summed E-state index contributed by atoms with van der Waals surface area (Å²) in [7, 11) is 0. The zero-order valence-corrected chi connectivity index (χ0v) is 22.2. The molecule has 3 aliphatic carbocycles. The maximum absolute atomic E-state index is 14.1. The predicted molar refractivity (Wildman–Crippen MR) is 134 cm³/mol. The van der Waals surface area contributed by atoms with Crippen LogP contribution in [0.1, 0.15) is 97.7 Å². The molecule has 9 heteroatoms. The number of carbonyl (C=O) groups excluding carboxylic acids is 2. The van der Waals surface area contributed by atoms with Crippen molar-refractivity contribution >= 4 is 11.6 Å². The SMILES string of the molecule is CC[C@H]1Cc2c(O)c3c(c(O)c2[C@H](C)O1)C(=O)C1=C(C3=O)C2CC(O[C@H]3CC[C@H](O)[C@H](C)C3)C1(O)C(C)O2. The van der Waals surface area contributed by atoms with Crippen LogP contribution in [-0.2, 0) is 20.6 Å². The van der Waals surface area contributed by atoms with E-state index in [0.29, 0.717) is 43.2 Å². The fourth-order valence-electron chi connectivity index (χ4n) is 7.39. The monoisotopic (exact) mass is 528 g/mol. The molecule has 1 saturated carbocycles. The highest BCUT2D eigenvalue weighted by Gasteiger charge is 2.63. The Morgan fingerprint density at radius 1 is 1.00 bits per heavy atom. The van der Waals surface area contributed by atoms with E-state index in [-0.39, 0.29) is 58.3 Å². The molecule has 0 spiro atoms. The highest BCUT2D eigenvalue weighted by molar-refractivity contribution is 6.30. The van der Waals surface area contributed by atoms with E-state index in [1.165, 1.54) is 0 Å². The van der Waals surface area contributed by atoms with E-state index >= 15 is 0 Å². The molecule has 1 saturated heterocycles. The summed E-state index contributed by atoms with van der Waals surface area (Å²) < 4.78 is 18.4. The van der Waals surface area contributed by atoms with Gasteiger partial charge in [-0.3, -0.25) is 9.59 Å². The van der Waals surface area contributed by atoms with Gasteiger partial charge in [0.15, 0.2) is 11.6 Å². The first-order valence-corrected chi connectivity index (χ1v) is 13.8. The van der Waals surface area contributed by atoms with Gasteiger partial charge in [0.25, 0.3) is 0 Å². The Morgan fingerprint density at radius 2 is 1.71 bits per heavy atom. The summed E-state index contributed by atoms with van der Waals surface area (Å²) >= 11 is 0. The minimum atomic E-state index is -1.92. The number of aliphatic hydroxyl groups is 2. The number of fused-ring (bicyclic) bond motifs is 4. The molecule has 0 aromatic heterocycles. The van der Waals surface area contributed by atoms with E-state index in [4.69, 9.17) is 14.2 Å². The lowest BCUT2D eigenvalue weighted by molar-refractivity contribution is -0.237. The van der Waals surface area contributed by atoms with Crippen LogP contribution in [0, 0.1) is 5.92 Å². The smallest absolute Gasteiger partial charge is 0.197 e. The highest BCUT2D eigenvalue weighted by Crippen LogP contribution is 2.55.